The number of ether oxygens (including phenoxy) is 1. The maximum atomic E-state index is 12.3. The number of piperidine rings is 1. The summed E-state index contributed by atoms with van der Waals surface area (Å²) in [5.41, 5.74) is 0.244. The molecule has 1 aliphatic heterocycles. The Morgan fingerprint density at radius 3 is 2.83 bits per heavy atom. The summed E-state index contributed by atoms with van der Waals surface area (Å²) in [6.45, 7) is 7.62. The van der Waals surface area contributed by atoms with Crippen molar-refractivity contribution in [3.05, 3.63) is 23.2 Å². The van der Waals surface area contributed by atoms with E-state index in [1.807, 2.05) is 25.7 Å². The van der Waals surface area contributed by atoms with Crippen molar-refractivity contribution in [1.82, 2.24) is 20.2 Å². The monoisotopic (exact) mass is 340 g/mol. The van der Waals surface area contributed by atoms with Crippen LogP contribution in [0.5, 0.6) is 0 Å². The number of halogens is 1. The van der Waals surface area contributed by atoms with Crippen LogP contribution in [0, 0.1) is 0 Å². The van der Waals surface area contributed by atoms with Crippen LogP contribution in [-0.2, 0) is 11.3 Å². The third-order valence-corrected chi connectivity index (χ3v) is 3.97. The van der Waals surface area contributed by atoms with Crippen LogP contribution in [0.1, 0.15) is 45.7 Å². The summed E-state index contributed by atoms with van der Waals surface area (Å²) >= 11 is 6.00. The summed E-state index contributed by atoms with van der Waals surface area (Å²) in [5.74, 6) is 0. The highest BCUT2D eigenvalue weighted by Gasteiger charge is 2.30. The fraction of sp³-hybridized carbons (Fsp3) is 0.688. The molecule has 0 saturated carbocycles. The van der Waals surface area contributed by atoms with Gasteiger partial charge in [0.15, 0.2) is 5.15 Å². The Hall–Kier alpha value is -1.40. The van der Waals surface area contributed by atoms with Gasteiger partial charge in [0.25, 0.3) is 0 Å². The minimum Gasteiger partial charge on any atom is -0.444 e. The number of hydrogen-bond donors (Lipinski definition) is 1. The molecule has 0 aliphatic carbocycles. The van der Waals surface area contributed by atoms with Crippen molar-refractivity contribution in [2.45, 2.75) is 58.2 Å². The quantitative estimate of drug-likeness (QED) is 0.912. The molecular formula is C16H25ClN4O2. The Balaban J connectivity index is 1.89. The second-order valence-corrected chi connectivity index (χ2v) is 7.11. The SMILES string of the molecule is CC(C)(C)OC(=O)N1CCCC[C@H]1CNCc1nccnc1Cl. The summed E-state index contributed by atoms with van der Waals surface area (Å²) in [5, 5.41) is 3.73. The number of carbonyl (C=O) groups is 1. The van der Waals surface area contributed by atoms with Gasteiger partial charge in [0.1, 0.15) is 5.60 Å². The maximum absolute atomic E-state index is 12.3. The first-order valence-corrected chi connectivity index (χ1v) is 8.40. The van der Waals surface area contributed by atoms with E-state index in [1.54, 1.807) is 12.4 Å². The summed E-state index contributed by atoms with van der Waals surface area (Å²) < 4.78 is 5.51. The fourth-order valence-electron chi connectivity index (χ4n) is 2.60. The summed E-state index contributed by atoms with van der Waals surface area (Å²) in [7, 11) is 0. The van der Waals surface area contributed by atoms with Crippen LogP contribution in [0.15, 0.2) is 12.4 Å². The summed E-state index contributed by atoms with van der Waals surface area (Å²) in [6.07, 6.45) is 6.07. The fourth-order valence-corrected chi connectivity index (χ4v) is 2.77. The number of carbonyl (C=O) groups excluding carboxylic acids is 1. The number of likely N-dealkylation sites (tertiary alicyclic amines) is 1. The zero-order valence-corrected chi connectivity index (χ0v) is 14.8. The van der Waals surface area contributed by atoms with E-state index in [1.165, 1.54) is 0 Å². The molecule has 6 nitrogen and oxygen atoms in total. The topological polar surface area (TPSA) is 67.3 Å². The molecule has 0 radical (unpaired) electrons. The van der Waals surface area contributed by atoms with E-state index in [-0.39, 0.29) is 12.1 Å². The minimum absolute atomic E-state index is 0.133. The minimum atomic E-state index is -0.473. The molecule has 1 N–H and O–H groups in total. The van der Waals surface area contributed by atoms with Gasteiger partial charge in [-0.05, 0) is 40.0 Å². The average molecular weight is 341 g/mol. The average Bonchev–Trinajstić information content (AvgIpc) is 2.48. The van der Waals surface area contributed by atoms with Crippen molar-refractivity contribution < 1.29 is 9.53 Å². The van der Waals surface area contributed by atoms with Crippen LogP contribution in [0.2, 0.25) is 5.15 Å². The lowest BCUT2D eigenvalue weighted by molar-refractivity contribution is 0.00993. The molecule has 23 heavy (non-hydrogen) atoms. The predicted molar refractivity (Wildman–Crippen MR) is 89.3 cm³/mol. The lowest BCUT2D eigenvalue weighted by Crippen LogP contribution is -2.50. The summed E-state index contributed by atoms with van der Waals surface area (Å²) in [6, 6.07) is 0.133. The van der Waals surface area contributed by atoms with Crippen LogP contribution in [0.4, 0.5) is 4.79 Å². The highest BCUT2D eigenvalue weighted by atomic mass is 35.5. The number of nitrogens with one attached hydrogen (secondary N) is 1. The molecule has 128 valence electrons. The molecule has 2 rings (SSSR count). The molecule has 0 unspecified atom stereocenters. The van der Waals surface area contributed by atoms with Crippen molar-refractivity contribution in [3.63, 3.8) is 0 Å². The van der Waals surface area contributed by atoms with Gasteiger partial charge in [-0.1, -0.05) is 11.6 Å². The van der Waals surface area contributed by atoms with Gasteiger partial charge in [0, 0.05) is 38.1 Å². The van der Waals surface area contributed by atoms with Gasteiger partial charge in [0.2, 0.25) is 0 Å². The van der Waals surface area contributed by atoms with Crippen LogP contribution < -0.4 is 5.32 Å². The molecule has 7 heteroatoms. The normalized spacial score (nSPS) is 18.8. The Labute approximate surface area is 142 Å². The van der Waals surface area contributed by atoms with Gasteiger partial charge in [-0.25, -0.2) is 9.78 Å². The van der Waals surface area contributed by atoms with Gasteiger partial charge in [-0.3, -0.25) is 4.98 Å². The Kier molecular flexibility index (Phi) is 6.18. The molecular weight excluding hydrogens is 316 g/mol. The number of rotatable bonds is 4. The lowest BCUT2D eigenvalue weighted by Gasteiger charge is -2.36. The van der Waals surface area contributed by atoms with Crippen molar-refractivity contribution >= 4 is 17.7 Å². The van der Waals surface area contributed by atoms with Crippen molar-refractivity contribution in [2.24, 2.45) is 0 Å². The molecule has 1 atom stereocenters. The van der Waals surface area contributed by atoms with Crippen LogP contribution in [0.25, 0.3) is 0 Å². The van der Waals surface area contributed by atoms with Gasteiger partial charge >= 0.3 is 6.09 Å². The molecule has 1 saturated heterocycles. The molecule has 1 aliphatic rings. The second kappa shape index (κ2) is 7.93. The van der Waals surface area contributed by atoms with Crippen LogP contribution in [0.3, 0.4) is 0 Å². The largest absolute Gasteiger partial charge is 0.444 e. The molecule has 1 amide bonds. The number of nitrogens with zero attached hydrogens (tertiary/aromatic N) is 3. The molecule has 0 spiro atoms. The molecule has 2 heterocycles. The third kappa shape index (κ3) is 5.62. The van der Waals surface area contributed by atoms with Gasteiger partial charge in [0.05, 0.1) is 5.69 Å². The van der Waals surface area contributed by atoms with Gasteiger partial charge in [-0.15, -0.1) is 0 Å². The third-order valence-electron chi connectivity index (χ3n) is 3.65. The first-order valence-electron chi connectivity index (χ1n) is 8.02. The first-order chi connectivity index (χ1) is 10.9. The van der Waals surface area contributed by atoms with Crippen molar-refractivity contribution in [3.8, 4) is 0 Å². The number of hydrogen-bond acceptors (Lipinski definition) is 5. The van der Waals surface area contributed by atoms with E-state index in [0.717, 1.165) is 25.8 Å². The Morgan fingerprint density at radius 1 is 1.39 bits per heavy atom. The van der Waals surface area contributed by atoms with Crippen LogP contribution >= 0.6 is 11.6 Å². The number of amides is 1. The van der Waals surface area contributed by atoms with E-state index in [2.05, 4.69) is 15.3 Å². The highest BCUT2D eigenvalue weighted by Crippen LogP contribution is 2.20. The smallest absolute Gasteiger partial charge is 0.410 e. The van der Waals surface area contributed by atoms with E-state index >= 15 is 0 Å². The molecule has 0 aromatic carbocycles. The molecule has 1 aromatic rings. The van der Waals surface area contributed by atoms with Crippen molar-refractivity contribution in [2.75, 3.05) is 13.1 Å². The molecule has 0 bridgehead atoms. The van der Waals surface area contributed by atoms with Crippen LogP contribution in [-0.4, -0.2) is 45.7 Å². The molecule has 1 fully saturated rings. The molecule has 1 aromatic heterocycles. The van der Waals surface area contributed by atoms with E-state index in [4.69, 9.17) is 16.3 Å². The lowest BCUT2D eigenvalue weighted by atomic mass is 10.0. The Morgan fingerprint density at radius 2 is 2.13 bits per heavy atom. The standard InChI is InChI=1S/C16H25ClN4O2/c1-16(2,3)23-15(22)21-9-5-4-6-12(21)10-18-11-13-14(17)20-8-7-19-13/h7-8,12,18H,4-6,9-11H2,1-3H3/t12-/m0/s1. The zero-order valence-electron chi connectivity index (χ0n) is 14.0. The second-order valence-electron chi connectivity index (χ2n) is 6.75. The number of aromatic nitrogens is 2. The zero-order chi connectivity index (χ0) is 16.9. The van der Waals surface area contributed by atoms with E-state index in [0.29, 0.717) is 23.9 Å². The predicted octanol–water partition coefficient (Wildman–Crippen LogP) is 3.01. The van der Waals surface area contributed by atoms with E-state index < -0.39 is 5.60 Å². The van der Waals surface area contributed by atoms with Gasteiger partial charge < -0.3 is 15.0 Å². The highest BCUT2D eigenvalue weighted by molar-refractivity contribution is 6.29. The Bertz CT molecular complexity index is 533. The maximum Gasteiger partial charge on any atom is 0.410 e. The van der Waals surface area contributed by atoms with E-state index in [9.17, 15) is 4.79 Å². The van der Waals surface area contributed by atoms with Gasteiger partial charge in [-0.2, -0.15) is 0 Å². The van der Waals surface area contributed by atoms with Crippen molar-refractivity contribution in [1.29, 1.82) is 0 Å². The first kappa shape index (κ1) is 17.9. The summed E-state index contributed by atoms with van der Waals surface area (Å²) in [4.78, 5) is 22.4.